The van der Waals surface area contributed by atoms with E-state index in [1.54, 1.807) is 7.05 Å². The minimum absolute atomic E-state index is 0.0101. The van der Waals surface area contributed by atoms with Crippen molar-refractivity contribution in [2.24, 2.45) is 0 Å². The van der Waals surface area contributed by atoms with Crippen molar-refractivity contribution in [2.45, 2.75) is 13.0 Å². The molecule has 0 aromatic heterocycles. The molecule has 4 nitrogen and oxygen atoms in total. The topological polar surface area (TPSA) is 44.4 Å². The average molecular weight is 324 g/mol. The van der Waals surface area contributed by atoms with Gasteiger partial charge in [0.25, 0.3) is 0 Å². The summed E-state index contributed by atoms with van der Waals surface area (Å²) in [6.45, 7) is 6.70. The first-order chi connectivity index (χ1) is 8.93. The highest BCUT2D eigenvalue weighted by atomic mass is 79.9. The standard InChI is InChI=1S/C14H18BrN3O/c1-8(2)7-18(4)12-6-11-9(5-10(12)15)13(16-3)14(19)17-11/h5-6,13,16H,1,7H2,2-4H3,(H,17,19). The van der Waals surface area contributed by atoms with Crippen LogP contribution >= 0.6 is 15.9 Å². The Labute approximate surface area is 122 Å². The summed E-state index contributed by atoms with van der Waals surface area (Å²) < 4.78 is 0.978. The van der Waals surface area contributed by atoms with Crippen LogP contribution in [0.15, 0.2) is 28.8 Å². The Morgan fingerprint density at radius 2 is 2.26 bits per heavy atom. The zero-order valence-electron chi connectivity index (χ0n) is 11.4. The largest absolute Gasteiger partial charge is 0.370 e. The first-order valence-corrected chi connectivity index (χ1v) is 6.90. The molecule has 1 heterocycles. The van der Waals surface area contributed by atoms with Gasteiger partial charge in [-0.1, -0.05) is 12.2 Å². The van der Waals surface area contributed by atoms with Crippen LogP contribution in [0.25, 0.3) is 0 Å². The van der Waals surface area contributed by atoms with Gasteiger partial charge in [0.05, 0.1) is 5.69 Å². The van der Waals surface area contributed by atoms with Gasteiger partial charge in [-0.05, 0) is 42.0 Å². The van der Waals surface area contributed by atoms with E-state index in [1.807, 2.05) is 26.1 Å². The van der Waals surface area contributed by atoms with Crippen LogP contribution in [0.1, 0.15) is 18.5 Å². The Morgan fingerprint density at radius 1 is 1.58 bits per heavy atom. The Hall–Kier alpha value is -1.33. The molecule has 19 heavy (non-hydrogen) atoms. The molecule has 0 saturated carbocycles. The molecule has 0 spiro atoms. The second-order valence-electron chi connectivity index (χ2n) is 4.91. The number of hydrogen-bond donors (Lipinski definition) is 2. The molecule has 0 bridgehead atoms. The highest BCUT2D eigenvalue weighted by Gasteiger charge is 2.30. The number of carbonyl (C=O) groups excluding carboxylic acids is 1. The number of rotatable bonds is 4. The average Bonchev–Trinajstić information content (AvgIpc) is 2.61. The smallest absolute Gasteiger partial charge is 0.246 e. The molecule has 1 aromatic rings. The number of nitrogens with one attached hydrogen (secondary N) is 2. The van der Waals surface area contributed by atoms with Crippen molar-refractivity contribution < 1.29 is 4.79 Å². The zero-order valence-corrected chi connectivity index (χ0v) is 13.0. The zero-order chi connectivity index (χ0) is 14.2. The maximum atomic E-state index is 11.8. The summed E-state index contributed by atoms with van der Waals surface area (Å²) in [4.78, 5) is 13.9. The number of fused-ring (bicyclic) bond motifs is 1. The Balaban J connectivity index is 2.38. The number of anilines is 2. The molecular formula is C14H18BrN3O. The number of nitrogens with zero attached hydrogens (tertiary/aromatic N) is 1. The molecule has 102 valence electrons. The molecule has 0 radical (unpaired) electrons. The van der Waals surface area contributed by atoms with E-state index in [0.29, 0.717) is 0 Å². The fraction of sp³-hybridized carbons (Fsp3) is 0.357. The number of halogens is 1. The van der Waals surface area contributed by atoms with Crippen LogP contribution in [0.2, 0.25) is 0 Å². The van der Waals surface area contributed by atoms with Crippen molar-refractivity contribution in [1.29, 1.82) is 0 Å². The second kappa shape index (κ2) is 5.35. The molecule has 2 N–H and O–H groups in total. The normalized spacial score (nSPS) is 17.1. The quantitative estimate of drug-likeness (QED) is 0.837. The Bertz CT molecular complexity index is 542. The monoisotopic (exact) mass is 323 g/mol. The third-order valence-electron chi connectivity index (χ3n) is 3.16. The van der Waals surface area contributed by atoms with Crippen LogP contribution in [0.5, 0.6) is 0 Å². The van der Waals surface area contributed by atoms with Crippen molar-refractivity contribution in [3.05, 3.63) is 34.3 Å². The first-order valence-electron chi connectivity index (χ1n) is 6.11. The lowest BCUT2D eigenvalue weighted by Crippen LogP contribution is -2.23. The van der Waals surface area contributed by atoms with E-state index in [-0.39, 0.29) is 11.9 Å². The fourth-order valence-corrected chi connectivity index (χ4v) is 3.00. The van der Waals surface area contributed by atoms with Gasteiger partial charge < -0.3 is 15.5 Å². The third kappa shape index (κ3) is 2.67. The van der Waals surface area contributed by atoms with Gasteiger partial charge in [0.2, 0.25) is 5.91 Å². The molecule has 1 aromatic carbocycles. The van der Waals surface area contributed by atoms with E-state index in [4.69, 9.17) is 0 Å². The van der Waals surface area contributed by atoms with E-state index in [0.717, 1.165) is 33.5 Å². The lowest BCUT2D eigenvalue weighted by molar-refractivity contribution is -0.117. The van der Waals surface area contributed by atoms with Gasteiger partial charge in [-0.15, -0.1) is 0 Å². The first kappa shape index (κ1) is 14.1. The molecule has 1 amide bonds. The minimum Gasteiger partial charge on any atom is -0.370 e. The van der Waals surface area contributed by atoms with Gasteiger partial charge in [-0.3, -0.25) is 4.79 Å². The highest BCUT2D eigenvalue weighted by molar-refractivity contribution is 9.10. The summed E-state index contributed by atoms with van der Waals surface area (Å²) in [5.41, 5.74) is 3.98. The van der Waals surface area contributed by atoms with Gasteiger partial charge in [0, 0.05) is 29.3 Å². The Morgan fingerprint density at radius 3 is 2.84 bits per heavy atom. The third-order valence-corrected chi connectivity index (χ3v) is 3.79. The Kier molecular flexibility index (Phi) is 3.96. The van der Waals surface area contributed by atoms with Crippen LogP contribution in [0.3, 0.4) is 0 Å². The van der Waals surface area contributed by atoms with Crippen LogP contribution in [-0.4, -0.2) is 26.5 Å². The van der Waals surface area contributed by atoms with Crippen molar-refractivity contribution in [2.75, 3.05) is 30.9 Å². The van der Waals surface area contributed by atoms with Crippen molar-refractivity contribution in [3.8, 4) is 0 Å². The summed E-state index contributed by atoms with van der Waals surface area (Å²) in [7, 11) is 3.79. The number of carbonyl (C=O) groups is 1. The van der Waals surface area contributed by atoms with E-state index < -0.39 is 0 Å². The summed E-state index contributed by atoms with van der Waals surface area (Å²) in [5, 5.41) is 5.92. The van der Waals surface area contributed by atoms with E-state index in [9.17, 15) is 4.79 Å². The summed E-state index contributed by atoms with van der Waals surface area (Å²) in [6, 6.07) is 3.72. The number of benzene rings is 1. The minimum atomic E-state index is -0.271. The maximum absolute atomic E-state index is 11.8. The number of hydrogen-bond acceptors (Lipinski definition) is 3. The van der Waals surface area contributed by atoms with Gasteiger partial charge in [-0.25, -0.2) is 0 Å². The van der Waals surface area contributed by atoms with Crippen molar-refractivity contribution >= 4 is 33.2 Å². The van der Waals surface area contributed by atoms with Crippen molar-refractivity contribution in [1.82, 2.24) is 5.32 Å². The lowest BCUT2D eigenvalue weighted by atomic mass is 10.1. The SMILES string of the molecule is C=C(C)CN(C)c1cc2c(cc1Br)C(NC)C(=O)N2. The molecule has 1 aliphatic rings. The summed E-state index contributed by atoms with van der Waals surface area (Å²) in [5.74, 6) is -0.0101. The summed E-state index contributed by atoms with van der Waals surface area (Å²) in [6.07, 6.45) is 0. The maximum Gasteiger partial charge on any atom is 0.246 e. The molecule has 0 saturated heterocycles. The van der Waals surface area contributed by atoms with E-state index >= 15 is 0 Å². The van der Waals surface area contributed by atoms with Gasteiger partial charge >= 0.3 is 0 Å². The number of likely N-dealkylation sites (N-methyl/N-ethyl adjacent to an activating group) is 2. The predicted molar refractivity (Wildman–Crippen MR) is 82.7 cm³/mol. The van der Waals surface area contributed by atoms with Gasteiger partial charge in [-0.2, -0.15) is 0 Å². The molecule has 1 unspecified atom stereocenters. The highest BCUT2D eigenvalue weighted by Crippen LogP contribution is 2.38. The van der Waals surface area contributed by atoms with Crippen LogP contribution in [0, 0.1) is 0 Å². The van der Waals surface area contributed by atoms with Gasteiger partial charge in [0.15, 0.2) is 0 Å². The second-order valence-corrected chi connectivity index (χ2v) is 5.77. The predicted octanol–water partition coefficient (Wildman–Crippen LogP) is 2.67. The summed E-state index contributed by atoms with van der Waals surface area (Å²) >= 11 is 3.58. The van der Waals surface area contributed by atoms with Crippen LogP contribution in [0.4, 0.5) is 11.4 Å². The number of amides is 1. The van der Waals surface area contributed by atoms with E-state index in [2.05, 4.69) is 38.0 Å². The van der Waals surface area contributed by atoms with Gasteiger partial charge in [0.1, 0.15) is 6.04 Å². The van der Waals surface area contributed by atoms with E-state index in [1.165, 1.54) is 0 Å². The van der Waals surface area contributed by atoms with Crippen molar-refractivity contribution in [3.63, 3.8) is 0 Å². The lowest BCUT2D eigenvalue weighted by Gasteiger charge is -2.22. The van der Waals surface area contributed by atoms with Crippen LogP contribution in [-0.2, 0) is 4.79 Å². The molecule has 1 aliphatic heterocycles. The molecule has 5 heteroatoms. The molecular weight excluding hydrogens is 306 g/mol. The molecule has 2 rings (SSSR count). The van der Waals surface area contributed by atoms with Crippen LogP contribution < -0.4 is 15.5 Å². The fourth-order valence-electron chi connectivity index (χ4n) is 2.34. The molecule has 0 fully saturated rings. The molecule has 1 atom stereocenters. The molecule has 0 aliphatic carbocycles.